The molecule has 0 radical (unpaired) electrons. The number of piperazine rings is 1. The lowest BCUT2D eigenvalue weighted by atomic mass is 9.79. The highest BCUT2D eigenvalue weighted by molar-refractivity contribution is 5.25. The SMILES string of the molecule is CN1CCN(CC(C)(C)CN2[C@H]3CC[C@H]2CC(O)(c2ccc(F)cc2)C3)CC1. The van der Waals surface area contributed by atoms with E-state index in [2.05, 4.69) is 35.6 Å². The molecule has 1 N–H and O–H groups in total. The van der Waals surface area contributed by atoms with Crippen molar-refractivity contribution in [3.8, 4) is 0 Å². The number of nitrogens with zero attached hydrogens (tertiary/aromatic N) is 3. The number of fused-ring (bicyclic) bond motifs is 2. The Balaban J connectivity index is 1.40. The molecular weight excluding hydrogens is 353 g/mol. The average molecular weight is 390 g/mol. The van der Waals surface area contributed by atoms with Gasteiger partial charge in [0.2, 0.25) is 0 Å². The number of halogens is 1. The molecule has 1 aromatic rings. The number of piperidine rings is 1. The van der Waals surface area contributed by atoms with Crippen LogP contribution in [0.2, 0.25) is 0 Å². The van der Waals surface area contributed by atoms with Crippen LogP contribution in [-0.4, -0.2) is 78.2 Å². The van der Waals surface area contributed by atoms with Crippen molar-refractivity contribution in [2.24, 2.45) is 5.41 Å². The molecule has 2 bridgehead atoms. The normalized spacial score (nSPS) is 32.8. The number of rotatable bonds is 5. The Bertz CT molecular complexity index is 655. The highest BCUT2D eigenvalue weighted by Crippen LogP contribution is 2.46. The van der Waals surface area contributed by atoms with Gasteiger partial charge in [0.1, 0.15) is 5.82 Å². The summed E-state index contributed by atoms with van der Waals surface area (Å²) in [5.74, 6) is -0.238. The van der Waals surface area contributed by atoms with Crippen LogP contribution in [-0.2, 0) is 5.60 Å². The summed E-state index contributed by atoms with van der Waals surface area (Å²) >= 11 is 0. The van der Waals surface area contributed by atoms with E-state index in [1.807, 2.05) is 0 Å². The topological polar surface area (TPSA) is 30.0 Å². The minimum atomic E-state index is -0.808. The van der Waals surface area contributed by atoms with Crippen molar-refractivity contribution in [2.45, 2.75) is 57.2 Å². The number of hydrogen-bond donors (Lipinski definition) is 1. The summed E-state index contributed by atoms with van der Waals surface area (Å²) in [4.78, 5) is 7.69. The molecule has 0 amide bonds. The summed E-state index contributed by atoms with van der Waals surface area (Å²) in [6.07, 6.45) is 3.86. The van der Waals surface area contributed by atoms with Crippen LogP contribution in [0.3, 0.4) is 0 Å². The third-order valence-corrected chi connectivity index (χ3v) is 7.16. The first-order valence-corrected chi connectivity index (χ1v) is 10.9. The zero-order chi connectivity index (χ0) is 19.9. The molecule has 0 spiro atoms. The van der Waals surface area contributed by atoms with Crippen LogP contribution < -0.4 is 0 Å². The predicted molar refractivity (Wildman–Crippen MR) is 111 cm³/mol. The molecule has 3 heterocycles. The summed E-state index contributed by atoms with van der Waals surface area (Å²) in [5.41, 5.74) is 0.307. The van der Waals surface area contributed by atoms with Gasteiger partial charge in [-0.05, 0) is 55.8 Å². The van der Waals surface area contributed by atoms with Gasteiger partial charge in [-0.3, -0.25) is 4.90 Å². The highest BCUT2D eigenvalue weighted by Gasteiger charge is 2.49. The number of aliphatic hydroxyl groups is 1. The lowest BCUT2D eigenvalue weighted by molar-refractivity contribution is -0.0675. The minimum Gasteiger partial charge on any atom is -0.385 e. The molecule has 156 valence electrons. The number of hydrogen-bond acceptors (Lipinski definition) is 4. The monoisotopic (exact) mass is 389 g/mol. The van der Waals surface area contributed by atoms with E-state index in [0.717, 1.165) is 57.7 Å². The third kappa shape index (κ3) is 4.28. The molecule has 0 aliphatic carbocycles. The maximum Gasteiger partial charge on any atom is 0.123 e. The van der Waals surface area contributed by atoms with Crippen molar-refractivity contribution in [1.29, 1.82) is 0 Å². The molecule has 4 rings (SSSR count). The first-order valence-electron chi connectivity index (χ1n) is 10.9. The van der Waals surface area contributed by atoms with Crippen LogP contribution in [0.5, 0.6) is 0 Å². The fourth-order valence-corrected chi connectivity index (χ4v) is 5.73. The summed E-state index contributed by atoms with van der Waals surface area (Å²) in [7, 11) is 2.20. The Morgan fingerprint density at radius 3 is 2.14 bits per heavy atom. The molecule has 5 heteroatoms. The first-order chi connectivity index (χ1) is 13.2. The van der Waals surface area contributed by atoms with Gasteiger partial charge < -0.3 is 14.9 Å². The molecule has 4 nitrogen and oxygen atoms in total. The van der Waals surface area contributed by atoms with E-state index in [9.17, 15) is 9.50 Å². The van der Waals surface area contributed by atoms with Crippen LogP contribution in [0.15, 0.2) is 24.3 Å². The quantitative estimate of drug-likeness (QED) is 0.839. The Kier molecular flexibility index (Phi) is 5.56. The maximum absolute atomic E-state index is 13.3. The first kappa shape index (κ1) is 20.3. The molecule has 28 heavy (non-hydrogen) atoms. The molecule has 3 saturated heterocycles. The fourth-order valence-electron chi connectivity index (χ4n) is 5.73. The predicted octanol–water partition coefficient (Wildman–Crippen LogP) is 2.91. The molecule has 0 aromatic heterocycles. The molecule has 0 saturated carbocycles. The van der Waals surface area contributed by atoms with Gasteiger partial charge in [0.25, 0.3) is 0 Å². The number of likely N-dealkylation sites (N-methyl/N-ethyl adjacent to an activating group) is 1. The summed E-state index contributed by atoms with van der Waals surface area (Å²) in [5, 5.41) is 11.4. The molecule has 0 unspecified atom stereocenters. The van der Waals surface area contributed by atoms with Crippen LogP contribution >= 0.6 is 0 Å². The van der Waals surface area contributed by atoms with E-state index in [1.165, 1.54) is 25.0 Å². The van der Waals surface area contributed by atoms with E-state index >= 15 is 0 Å². The summed E-state index contributed by atoms with van der Waals surface area (Å²) < 4.78 is 13.3. The molecular formula is C23H36FN3O. The average Bonchev–Trinajstić information content (AvgIpc) is 2.87. The van der Waals surface area contributed by atoms with Crippen molar-refractivity contribution < 1.29 is 9.50 Å². The Morgan fingerprint density at radius 1 is 1.00 bits per heavy atom. The standard InChI is InChI=1S/C23H36FN3O/c1-22(2,16-26-12-10-25(3)11-13-26)17-27-20-8-9-21(27)15-23(28,14-20)18-4-6-19(24)7-5-18/h4-7,20-21,28H,8-17H2,1-3H3/t20-,21-/m0/s1. The van der Waals surface area contributed by atoms with E-state index in [4.69, 9.17) is 0 Å². The van der Waals surface area contributed by atoms with Gasteiger partial charge in [0.05, 0.1) is 5.60 Å². The Labute approximate surface area is 169 Å². The molecule has 1 aromatic carbocycles. The lowest BCUT2D eigenvalue weighted by Crippen LogP contribution is -2.54. The Morgan fingerprint density at radius 2 is 1.57 bits per heavy atom. The second-order valence-corrected chi connectivity index (χ2v) is 10.2. The van der Waals surface area contributed by atoms with Crippen LogP contribution in [0.1, 0.15) is 45.1 Å². The van der Waals surface area contributed by atoms with Crippen molar-refractivity contribution in [3.05, 3.63) is 35.6 Å². The molecule has 2 atom stereocenters. The highest BCUT2D eigenvalue weighted by atomic mass is 19.1. The lowest BCUT2D eigenvalue weighted by Gasteiger charge is -2.47. The molecule has 3 fully saturated rings. The Hall–Kier alpha value is -1.01. The van der Waals surface area contributed by atoms with E-state index in [0.29, 0.717) is 12.1 Å². The zero-order valence-corrected chi connectivity index (χ0v) is 17.7. The van der Waals surface area contributed by atoms with Gasteiger partial charge in [-0.15, -0.1) is 0 Å². The van der Waals surface area contributed by atoms with Crippen molar-refractivity contribution in [2.75, 3.05) is 46.3 Å². The van der Waals surface area contributed by atoms with Crippen LogP contribution in [0.4, 0.5) is 4.39 Å². The molecule has 3 aliphatic heterocycles. The van der Waals surface area contributed by atoms with Gasteiger partial charge in [-0.2, -0.15) is 0 Å². The van der Waals surface area contributed by atoms with E-state index in [-0.39, 0.29) is 11.2 Å². The van der Waals surface area contributed by atoms with Gasteiger partial charge in [-0.25, -0.2) is 4.39 Å². The van der Waals surface area contributed by atoms with Crippen molar-refractivity contribution in [3.63, 3.8) is 0 Å². The maximum atomic E-state index is 13.3. The van der Waals surface area contributed by atoms with E-state index < -0.39 is 5.60 Å². The van der Waals surface area contributed by atoms with Crippen LogP contribution in [0, 0.1) is 11.2 Å². The van der Waals surface area contributed by atoms with Crippen molar-refractivity contribution >= 4 is 0 Å². The van der Waals surface area contributed by atoms with Gasteiger partial charge in [0, 0.05) is 51.4 Å². The zero-order valence-electron chi connectivity index (χ0n) is 17.7. The van der Waals surface area contributed by atoms with Crippen molar-refractivity contribution in [1.82, 2.24) is 14.7 Å². The number of benzene rings is 1. The molecule has 3 aliphatic rings. The van der Waals surface area contributed by atoms with Gasteiger partial charge in [-0.1, -0.05) is 26.0 Å². The third-order valence-electron chi connectivity index (χ3n) is 7.16. The smallest absolute Gasteiger partial charge is 0.123 e. The second-order valence-electron chi connectivity index (χ2n) is 10.2. The fraction of sp³-hybridized carbons (Fsp3) is 0.739. The largest absolute Gasteiger partial charge is 0.385 e. The van der Waals surface area contributed by atoms with Crippen LogP contribution in [0.25, 0.3) is 0 Å². The second kappa shape index (κ2) is 7.67. The van der Waals surface area contributed by atoms with E-state index in [1.54, 1.807) is 12.1 Å². The minimum absolute atomic E-state index is 0.238. The van der Waals surface area contributed by atoms with Gasteiger partial charge >= 0.3 is 0 Å². The van der Waals surface area contributed by atoms with Gasteiger partial charge in [0.15, 0.2) is 0 Å². The summed E-state index contributed by atoms with van der Waals surface area (Å²) in [6, 6.07) is 7.34. The summed E-state index contributed by atoms with van der Waals surface area (Å²) in [6.45, 7) is 11.7.